The number of benzene rings is 3. The topological polar surface area (TPSA) is 63.6 Å². The molecule has 0 bridgehead atoms. The van der Waals surface area contributed by atoms with Crippen molar-refractivity contribution in [1.29, 1.82) is 0 Å². The number of amides is 1. The lowest BCUT2D eigenvalue weighted by Crippen LogP contribution is -2.20. The first-order valence-electron chi connectivity index (χ1n) is 10.0. The van der Waals surface area contributed by atoms with Crippen LogP contribution in [0, 0.1) is 6.92 Å². The summed E-state index contributed by atoms with van der Waals surface area (Å²) in [5.41, 5.74) is 8.48. The zero-order valence-corrected chi connectivity index (χ0v) is 17.7. The highest BCUT2D eigenvalue weighted by Gasteiger charge is 2.14. The van der Waals surface area contributed by atoms with E-state index in [0.717, 1.165) is 33.5 Å². The number of carbonyl (C=O) groups is 1. The Morgan fingerprint density at radius 3 is 2.39 bits per heavy atom. The minimum Gasteiger partial charge on any atom is -0.497 e. The number of hydrazone groups is 1. The van der Waals surface area contributed by atoms with E-state index >= 15 is 0 Å². The van der Waals surface area contributed by atoms with Crippen LogP contribution in [0.1, 0.15) is 28.4 Å². The number of methoxy groups -OCH3 is 1. The number of aryl methyl sites for hydroxylation is 1. The minimum absolute atomic E-state index is 0.278. The standard InChI is InChI=1S/C26H23N3O2/c1-17-8-10-20(11-9-17)25-16-23(22-6-4-5-7-24(22)27-25)26(30)29-28-18(2)19-12-14-21(31-3)15-13-19/h4-16H,1-3H3,(H,29,30)/b28-18-. The van der Waals surface area contributed by atoms with Gasteiger partial charge in [-0.25, -0.2) is 10.4 Å². The van der Waals surface area contributed by atoms with Crippen LogP contribution in [-0.2, 0) is 0 Å². The first-order chi connectivity index (χ1) is 15.0. The number of rotatable bonds is 5. The van der Waals surface area contributed by atoms with Crippen LogP contribution in [0.25, 0.3) is 22.2 Å². The molecule has 0 unspecified atom stereocenters. The molecule has 0 spiro atoms. The van der Waals surface area contributed by atoms with E-state index < -0.39 is 0 Å². The number of carbonyl (C=O) groups excluding carboxylic acids is 1. The second-order valence-electron chi connectivity index (χ2n) is 7.30. The molecule has 0 fully saturated rings. The predicted octanol–water partition coefficient (Wildman–Crippen LogP) is 5.37. The van der Waals surface area contributed by atoms with Crippen LogP contribution in [-0.4, -0.2) is 23.7 Å². The van der Waals surface area contributed by atoms with Crippen LogP contribution in [0.15, 0.2) is 84.0 Å². The van der Waals surface area contributed by atoms with Crippen molar-refractivity contribution in [3.8, 4) is 17.0 Å². The monoisotopic (exact) mass is 409 g/mol. The Morgan fingerprint density at radius 1 is 0.968 bits per heavy atom. The molecule has 1 N–H and O–H groups in total. The Morgan fingerprint density at radius 2 is 1.68 bits per heavy atom. The smallest absolute Gasteiger partial charge is 0.272 e. The van der Waals surface area contributed by atoms with Gasteiger partial charge in [0.2, 0.25) is 0 Å². The van der Waals surface area contributed by atoms with Gasteiger partial charge in [0.25, 0.3) is 5.91 Å². The molecule has 0 saturated carbocycles. The summed E-state index contributed by atoms with van der Waals surface area (Å²) >= 11 is 0. The van der Waals surface area contributed by atoms with Gasteiger partial charge in [-0.3, -0.25) is 4.79 Å². The Balaban J connectivity index is 1.67. The van der Waals surface area contributed by atoms with E-state index in [0.29, 0.717) is 11.3 Å². The molecule has 1 amide bonds. The molecule has 4 rings (SSSR count). The Labute approximate surface area is 181 Å². The van der Waals surface area contributed by atoms with Gasteiger partial charge in [0.05, 0.1) is 29.6 Å². The fourth-order valence-electron chi connectivity index (χ4n) is 3.33. The normalized spacial score (nSPS) is 11.4. The number of hydrogen-bond acceptors (Lipinski definition) is 4. The van der Waals surface area contributed by atoms with Gasteiger partial charge in [-0.1, -0.05) is 48.0 Å². The molecule has 0 aliphatic rings. The fraction of sp³-hybridized carbons (Fsp3) is 0.115. The molecule has 1 aromatic heterocycles. The third kappa shape index (κ3) is 4.46. The average molecular weight is 409 g/mol. The van der Waals surface area contributed by atoms with Gasteiger partial charge in [0.15, 0.2) is 0 Å². The molecule has 31 heavy (non-hydrogen) atoms. The maximum atomic E-state index is 13.1. The van der Waals surface area contributed by atoms with Crippen LogP contribution in [0.5, 0.6) is 5.75 Å². The molecule has 3 aromatic carbocycles. The van der Waals surface area contributed by atoms with Gasteiger partial charge in [0.1, 0.15) is 5.75 Å². The predicted molar refractivity (Wildman–Crippen MR) is 125 cm³/mol. The number of fused-ring (bicyclic) bond motifs is 1. The van der Waals surface area contributed by atoms with E-state index in [1.165, 1.54) is 5.56 Å². The molecule has 0 radical (unpaired) electrons. The largest absolute Gasteiger partial charge is 0.497 e. The van der Waals surface area contributed by atoms with E-state index in [4.69, 9.17) is 9.72 Å². The second kappa shape index (κ2) is 8.79. The highest BCUT2D eigenvalue weighted by atomic mass is 16.5. The van der Waals surface area contributed by atoms with Crippen molar-refractivity contribution in [2.45, 2.75) is 13.8 Å². The van der Waals surface area contributed by atoms with Crippen molar-refractivity contribution in [2.75, 3.05) is 7.11 Å². The highest BCUT2D eigenvalue weighted by Crippen LogP contribution is 2.25. The quantitative estimate of drug-likeness (QED) is 0.356. The van der Waals surface area contributed by atoms with Crippen LogP contribution >= 0.6 is 0 Å². The molecule has 0 aliphatic carbocycles. The van der Waals surface area contributed by atoms with Crippen LogP contribution < -0.4 is 10.2 Å². The van der Waals surface area contributed by atoms with Crippen molar-refractivity contribution in [2.24, 2.45) is 5.10 Å². The maximum Gasteiger partial charge on any atom is 0.272 e. The zero-order valence-electron chi connectivity index (χ0n) is 17.7. The molecule has 1 heterocycles. The number of pyridine rings is 1. The first kappa shape index (κ1) is 20.3. The maximum absolute atomic E-state index is 13.1. The summed E-state index contributed by atoms with van der Waals surface area (Å²) in [6.07, 6.45) is 0. The van der Waals surface area contributed by atoms with Crippen molar-refractivity contribution in [3.63, 3.8) is 0 Å². The third-order valence-corrected chi connectivity index (χ3v) is 5.14. The van der Waals surface area contributed by atoms with Gasteiger partial charge in [-0.05, 0) is 55.8 Å². The lowest BCUT2D eigenvalue weighted by atomic mass is 10.0. The SMILES string of the molecule is COc1ccc(/C(C)=N\NC(=O)c2cc(-c3ccc(C)cc3)nc3ccccc23)cc1. The Bertz CT molecular complexity index is 1260. The molecular weight excluding hydrogens is 386 g/mol. The fourth-order valence-corrected chi connectivity index (χ4v) is 3.33. The lowest BCUT2D eigenvalue weighted by Gasteiger charge is -2.10. The lowest BCUT2D eigenvalue weighted by molar-refractivity contribution is 0.0956. The molecular formula is C26H23N3O2. The number of para-hydroxylation sites is 1. The van der Waals surface area contributed by atoms with Crippen molar-refractivity contribution in [1.82, 2.24) is 10.4 Å². The first-order valence-corrected chi connectivity index (χ1v) is 10.0. The summed E-state index contributed by atoms with van der Waals surface area (Å²) in [5.74, 6) is 0.493. The third-order valence-electron chi connectivity index (χ3n) is 5.14. The van der Waals surface area contributed by atoms with Gasteiger partial charge in [-0.15, -0.1) is 0 Å². The average Bonchev–Trinajstić information content (AvgIpc) is 2.82. The minimum atomic E-state index is -0.278. The molecule has 5 heteroatoms. The number of ether oxygens (including phenoxy) is 1. The van der Waals surface area contributed by atoms with Gasteiger partial charge >= 0.3 is 0 Å². The van der Waals surface area contributed by atoms with Crippen molar-refractivity contribution < 1.29 is 9.53 Å². The van der Waals surface area contributed by atoms with Gasteiger partial charge < -0.3 is 4.74 Å². The number of aromatic nitrogens is 1. The Kier molecular flexibility index (Phi) is 5.76. The molecule has 154 valence electrons. The summed E-state index contributed by atoms with van der Waals surface area (Å²) in [6.45, 7) is 3.89. The van der Waals surface area contributed by atoms with Crippen molar-refractivity contribution in [3.05, 3.63) is 95.6 Å². The zero-order chi connectivity index (χ0) is 21.8. The summed E-state index contributed by atoms with van der Waals surface area (Å²) in [4.78, 5) is 17.8. The highest BCUT2D eigenvalue weighted by molar-refractivity contribution is 6.08. The summed E-state index contributed by atoms with van der Waals surface area (Å²) in [5, 5.41) is 5.09. The summed E-state index contributed by atoms with van der Waals surface area (Å²) < 4.78 is 5.18. The summed E-state index contributed by atoms with van der Waals surface area (Å²) in [6, 6.07) is 25.1. The Hall–Kier alpha value is -3.99. The van der Waals surface area contributed by atoms with Crippen LogP contribution in [0.2, 0.25) is 0 Å². The van der Waals surface area contributed by atoms with E-state index in [-0.39, 0.29) is 5.91 Å². The van der Waals surface area contributed by atoms with Gasteiger partial charge in [0, 0.05) is 10.9 Å². The van der Waals surface area contributed by atoms with E-state index in [1.807, 2.05) is 92.7 Å². The van der Waals surface area contributed by atoms with Gasteiger partial charge in [-0.2, -0.15) is 5.10 Å². The molecule has 0 saturated heterocycles. The number of nitrogens with one attached hydrogen (secondary N) is 1. The molecule has 4 aromatic rings. The van der Waals surface area contributed by atoms with Crippen LogP contribution in [0.3, 0.4) is 0 Å². The van der Waals surface area contributed by atoms with E-state index in [1.54, 1.807) is 7.11 Å². The van der Waals surface area contributed by atoms with Crippen LogP contribution in [0.4, 0.5) is 0 Å². The van der Waals surface area contributed by atoms with Crippen molar-refractivity contribution >= 4 is 22.5 Å². The number of hydrogen-bond donors (Lipinski definition) is 1. The van der Waals surface area contributed by atoms with E-state index in [2.05, 4.69) is 10.5 Å². The molecule has 0 aliphatic heterocycles. The number of nitrogens with zero attached hydrogens (tertiary/aromatic N) is 2. The van der Waals surface area contributed by atoms with E-state index in [9.17, 15) is 4.79 Å². The second-order valence-corrected chi connectivity index (χ2v) is 7.30. The summed E-state index contributed by atoms with van der Waals surface area (Å²) in [7, 11) is 1.63. The molecule has 0 atom stereocenters. The molecule has 5 nitrogen and oxygen atoms in total.